The van der Waals surface area contributed by atoms with E-state index in [0.29, 0.717) is 0 Å². The summed E-state index contributed by atoms with van der Waals surface area (Å²) in [6, 6.07) is 3.07. The summed E-state index contributed by atoms with van der Waals surface area (Å²) in [5.41, 5.74) is 6.50. The molecule has 0 aromatic heterocycles. The van der Waals surface area contributed by atoms with Crippen LogP contribution < -0.4 is 5.73 Å². The van der Waals surface area contributed by atoms with Gasteiger partial charge in [0.2, 0.25) is 0 Å². The van der Waals surface area contributed by atoms with Crippen molar-refractivity contribution in [3.8, 4) is 0 Å². The van der Waals surface area contributed by atoms with Crippen molar-refractivity contribution in [2.45, 2.75) is 30.2 Å². The van der Waals surface area contributed by atoms with E-state index in [9.17, 15) is 4.39 Å². The third kappa shape index (κ3) is 3.94. The molecule has 3 N–H and O–H groups in total. The number of aliphatic hydroxyl groups is 1. The number of hydrogen-bond acceptors (Lipinski definition) is 3. The van der Waals surface area contributed by atoms with Gasteiger partial charge in [0, 0.05) is 10.9 Å². The Hall–Kier alpha value is -0.290. The molecule has 0 aliphatic rings. The fourth-order valence-electron chi connectivity index (χ4n) is 1.43. The lowest BCUT2D eigenvalue weighted by atomic mass is 10.1. The van der Waals surface area contributed by atoms with E-state index in [4.69, 9.17) is 22.4 Å². The topological polar surface area (TPSA) is 46.2 Å². The third-order valence-electron chi connectivity index (χ3n) is 2.34. The zero-order valence-electron chi connectivity index (χ0n) is 8.79. The summed E-state index contributed by atoms with van der Waals surface area (Å²) < 4.78 is 13.2. The van der Waals surface area contributed by atoms with E-state index in [1.54, 1.807) is 12.1 Å². The first-order chi connectivity index (χ1) is 7.54. The third-order valence-corrected chi connectivity index (χ3v) is 2.94. The zero-order valence-corrected chi connectivity index (χ0v) is 10.4. The highest BCUT2D eigenvalue weighted by molar-refractivity contribution is 7.80. The van der Waals surface area contributed by atoms with E-state index in [1.165, 1.54) is 0 Å². The number of nitrogens with two attached hydrogens (primary N) is 1. The minimum Gasteiger partial charge on any atom is -0.395 e. The molecule has 1 unspecified atom stereocenters. The number of halogens is 2. The number of thiol groups is 1. The molecule has 0 amide bonds. The Bertz CT molecular complexity index is 339. The Morgan fingerprint density at radius 3 is 2.75 bits per heavy atom. The molecule has 1 atom stereocenters. The minimum atomic E-state index is -0.485. The molecule has 90 valence electrons. The Labute approximate surface area is 105 Å². The van der Waals surface area contributed by atoms with Crippen molar-refractivity contribution in [1.29, 1.82) is 0 Å². The molecule has 0 saturated heterocycles. The quantitative estimate of drug-likeness (QED) is 0.715. The number of aliphatic hydroxyl groups excluding tert-OH is 1. The molecule has 0 aliphatic carbocycles. The molecule has 1 rings (SSSR count). The van der Waals surface area contributed by atoms with E-state index in [0.717, 1.165) is 24.8 Å². The molecule has 5 heteroatoms. The summed E-state index contributed by atoms with van der Waals surface area (Å²) in [7, 11) is 0. The van der Waals surface area contributed by atoms with Crippen LogP contribution in [0.25, 0.3) is 0 Å². The fourth-order valence-corrected chi connectivity index (χ4v) is 2.03. The monoisotopic (exact) mass is 263 g/mol. The summed E-state index contributed by atoms with van der Waals surface area (Å²) in [5, 5.41) is 8.84. The smallest absolute Gasteiger partial charge is 0.155 e. The van der Waals surface area contributed by atoms with Crippen LogP contribution in [0.2, 0.25) is 5.02 Å². The SMILES string of the molecule is NC(CO)CCCc1cc(S)c(F)c(Cl)c1. The number of aryl methyl sites for hydroxylation is 1. The molecule has 0 spiro atoms. The Kier molecular flexibility index (Phi) is 5.55. The molecular formula is C11H15ClFNOS. The minimum absolute atomic E-state index is 0.0119. The van der Waals surface area contributed by atoms with Crippen LogP contribution in [0.5, 0.6) is 0 Å². The number of rotatable bonds is 5. The van der Waals surface area contributed by atoms with Gasteiger partial charge in [0.15, 0.2) is 5.82 Å². The van der Waals surface area contributed by atoms with Crippen LogP contribution >= 0.6 is 24.2 Å². The standard InChI is InChI=1S/C11H15ClFNOS/c12-9-4-7(5-10(16)11(9)13)2-1-3-8(14)6-15/h4-5,8,15-16H,1-3,6,14H2. The van der Waals surface area contributed by atoms with Crippen LogP contribution in [0.1, 0.15) is 18.4 Å². The van der Waals surface area contributed by atoms with Crippen molar-refractivity contribution in [3.63, 3.8) is 0 Å². The predicted octanol–water partition coefficient (Wildman–Crippen LogP) is 2.41. The fraction of sp³-hybridized carbons (Fsp3) is 0.455. The zero-order chi connectivity index (χ0) is 12.1. The highest BCUT2D eigenvalue weighted by atomic mass is 35.5. The van der Waals surface area contributed by atoms with Crippen LogP contribution in [0.15, 0.2) is 17.0 Å². The number of benzene rings is 1. The van der Waals surface area contributed by atoms with Crippen LogP contribution in [-0.4, -0.2) is 17.8 Å². The maximum atomic E-state index is 13.2. The van der Waals surface area contributed by atoms with Crippen molar-refractivity contribution in [2.75, 3.05) is 6.61 Å². The van der Waals surface area contributed by atoms with Gasteiger partial charge in [0.05, 0.1) is 11.6 Å². The average molecular weight is 264 g/mol. The largest absolute Gasteiger partial charge is 0.395 e. The predicted molar refractivity (Wildman–Crippen MR) is 66.7 cm³/mol. The van der Waals surface area contributed by atoms with Gasteiger partial charge in [-0.25, -0.2) is 4.39 Å². The van der Waals surface area contributed by atoms with Crippen molar-refractivity contribution in [1.82, 2.24) is 0 Å². The van der Waals surface area contributed by atoms with Gasteiger partial charge in [-0.3, -0.25) is 0 Å². The first kappa shape index (κ1) is 13.8. The molecule has 2 nitrogen and oxygen atoms in total. The normalized spacial score (nSPS) is 12.8. The lowest BCUT2D eigenvalue weighted by Gasteiger charge is -2.08. The molecule has 0 saturated carbocycles. The molecule has 0 bridgehead atoms. The van der Waals surface area contributed by atoms with Gasteiger partial charge in [-0.2, -0.15) is 0 Å². The molecule has 0 aliphatic heterocycles. The highest BCUT2D eigenvalue weighted by Crippen LogP contribution is 2.24. The second-order valence-corrected chi connectivity index (χ2v) is 4.63. The van der Waals surface area contributed by atoms with Gasteiger partial charge in [-0.15, -0.1) is 12.6 Å². The average Bonchev–Trinajstić information content (AvgIpc) is 2.25. The summed E-state index contributed by atoms with van der Waals surface area (Å²) >= 11 is 9.69. The summed E-state index contributed by atoms with van der Waals surface area (Å²) in [5.74, 6) is -0.485. The van der Waals surface area contributed by atoms with E-state index in [2.05, 4.69) is 12.6 Å². The lowest BCUT2D eigenvalue weighted by Crippen LogP contribution is -2.24. The van der Waals surface area contributed by atoms with Gasteiger partial charge in [0.25, 0.3) is 0 Å². The molecule has 1 aromatic rings. The van der Waals surface area contributed by atoms with E-state index < -0.39 is 5.82 Å². The van der Waals surface area contributed by atoms with Gasteiger partial charge >= 0.3 is 0 Å². The summed E-state index contributed by atoms with van der Waals surface area (Å²) in [6.45, 7) is -0.0119. The Morgan fingerprint density at radius 1 is 1.50 bits per heavy atom. The second kappa shape index (κ2) is 6.45. The van der Waals surface area contributed by atoms with Crippen LogP contribution in [0.4, 0.5) is 4.39 Å². The molecule has 0 fully saturated rings. The molecule has 1 aromatic carbocycles. The second-order valence-electron chi connectivity index (χ2n) is 3.75. The Morgan fingerprint density at radius 2 is 2.19 bits per heavy atom. The Balaban J connectivity index is 2.55. The maximum absolute atomic E-state index is 13.2. The van der Waals surface area contributed by atoms with Crippen LogP contribution in [0, 0.1) is 5.82 Å². The maximum Gasteiger partial charge on any atom is 0.155 e. The molecule has 16 heavy (non-hydrogen) atoms. The van der Waals surface area contributed by atoms with E-state index in [-0.39, 0.29) is 22.6 Å². The van der Waals surface area contributed by atoms with Gasteiger partial charge in [-0.05, 0) is 37.0 Å². The summed E-state index contributed by atoms with van der Waals surface area (Å²) in [6.07, 6.45) is 2.31. The summed E-state index contributed by atoms with van der Waals surface area (Å²) in [4.78, 5) is 0.258. The highest BCUT2D eigenvalue weighted by Gasteiger charge is 2.07. The van der Waals surface area contributed by atoms with Crippen molar-refractivity contribution < 1.29 is 9.50 Å². The number of hydrogen-bond donors (Lipinski definition) is 3. The van der Waals surface area contributed by atoms with Gasteiger partial charge in [-0.1, -0.05) is 11.6 Å². The van der Waals surface area contributed by atoms with Crippen molar-refractivity contribution in [2.24, 2.45) is 5.73 Å². The van der Waals surface area contributed by atoms with Crippen molar-refractivity contribution >= 4 is 24.2 Å². The molecular weight excluding hydrogens is 249 g/mol. The lowest BCUT2D eigenvalue weighted by molar-refractivity contribution is 0.258. The molecule has 0 heterocycles. The van der Waals surface area contributed by atoms with E-state index >= 15 is 0 Å². The molecule has 0 radical (unpaired) electrons. The van der Waals surface area contributed by atoms with Gasteiger partial charge < -0.3 is 10.8 Å². The van der Waals surface area contributed by atoms with Crippen molar-refractivity contribution in [3.05, 3.63) is 28.5 Å². The van der Waals surface area contributed by atoms with Gasteiger partial charge in [0.1, 0.15) is 0 Å². The van der Waals surface area contributed by atoms with Crippen LogP contribution in [-0.2, 0) is 6.42 Å². The first-order valence-electron chi connectivity index (χ1n) is 5.08. The first-order valence-corrected chi connectivity index (χ1v) is 5.90. The van der Waals surface area contributed by atoms with E-state index in [1.807, 2.05) is 0 Å². The van der Waals surface area contributed by atoms with Crippen LogP contribution in [0.3, 0.4) is 0 Å².